The van der Waals surface area contributed by atoms with Crippen LogP contribution >= 0.6 is 0 Å². The minimum Gasteiger partial charge on any atom is -0.387 e. The third kappa shape index (κ3) is 4.65. The zero-order chi connectivity index (χ0) is 16.0. The molecule has 21 heavy (non-hydrogen) atoms. The van der Waals surface area contributed by atoms with Crippen LogP contribution in [0.25, 0.3) is 0 Å². The zero-order valence-corrected chi connectivity index (χ0v) is 12.5. The highest BCUT2D eigenvalue weighted by molar-refractivity contribution is 6.00. The van der Waals surface area contributed by atoms with Crippen LogP contribution in [0.3, 0.4) is 0 Å². The predicted molar refractivity (Wildman–Crippen MR) is 77.4 cm³/mol. The maximum Gasteiger partial charge on any atom is 0.416 e. The summed E-state index contributed by atoms with van der Waals surface area (Å²) in [6.07, 6.45) is -2.02. The smallest absolute Gasteiger partial charge is 0.387 e. The van der Waals surface area contributed by atoms with Gasteiger partial charge in [-0.15, -0.1) is 0 Å². The second-order valence-electron chi connectivity index (χ2n) is 4.88. The first-order valence-corrected chi connectivity index (χ1v) is 7.03. The van der Waals surface area contributed by atoms with Gasteiger partial charge in [0.2, 0.25) is 0 Å². The summed E-state index contributed by atoms with van der Waals surface area (Å²) in [5, 5.41) is 5.54. The van der Waals surface area contributed by atoms with Gasteiger partial charge in [0.05, 0.1) is 11.1 Å². The number of hydrogen-bond acceptors (Lipinski definition) is 2. The van der Waals surface area contributed by atoms with Crippen LogP contribution in [0.2, 0.25) is 0 Å². The Hall–Kier alpha value is -1.72. The van der Waals surface area contributed by atoms with Crippen molar-refractivity contribution in [1.82, 2.24) is 5.32 Å². The molecule has 0 aromatic heterocycles. The summed E-state index contributed by atoms with van der Waals surface area (Å²) >= 11 is 0. The van der Waals surface area contributed by atoms with Crippen LogP contribution in [-0.2, 0) is 6.18 Å². The molecule has 0 radical (unpaired) electrons. The standard InChI is InChI=1S/C15H21F3N2O/c1-4-6-11(5-2)20-14(21)12-9-10(15(16,17)18)7-8-13(12)19-3/h7-9,11,19H,4-6H2,1-3H3,(H,20,21). The molecule has 1 aromatic carbocycles. The molecule has 0 saturated carbocycles. The van der Waals surface area contributed by atoms with Crippen LogP contribution in [0.15, 0.2) is 18.2 Å². The third-order valence-corrected chi connectivity index (χ3v) is 3.33. The van der Waals surface area contributed by atoms with E-state index in [1.54, 1.807) is 7.05 Å². The fourth-order valence-electron chi connectivity index (χ4n) is 2.12. The van der Waals surface area contributed by atoms with Gasteiger partial charge in [0.1, 0.15) is 0 Å². The highest BCUT2D eigenvalue weighted by Gasteiger charge is 2.31. The lowest BCUT2D eigenvalue weighted by Gasteiger charge is -2.18. The minimum absolute atomic E-state index is 0.0156. The molecule has 0 heterocycles. The van der Waals surface area contributed by atoms with E-state index < -0.39 is 17.6 Å². The molecule has 1 aromatic rings. The summed E-state index contributed by atoms with van der Waals surface area (Å²) in [4.78, 5) is 12.2. The Morgan fingerprint density at radius 1 is 1.29 bits per heavy atom. The van der Waals surface area contributed by atoms with Crippen LogP contribution in [0.1, 0.15) is 49.0 Å². The molecular weight excluding hydrogens is 281 g/mol. The van der Waals surface area contributed by atoms with Crippen LogP contribution in [0, 0.1) is 0 Å². The summed E-state index contributed by atoms with van der Waals surface area (Å²) in [6.45, 7) is 3.93. The first-order valence-electron chi connectivity index (χ1n) is 7.03. The van der Waals surface area contributed by atoms with Crippen molar-refractivity contribution in [2.45, 2.75) is 45.3 Å². The van der Waals surface area contributed by atoms with E-state index in [4.69, 9.17) is 0 Å². The predicted octanol–water partition coefficient (Wildman–Crippen LogP) is 4.06. The summed E-state index contributed by atoms with van der Waals surface area (Å²) in [7, 11) is 1.57. The molecule has 6 heteroatoms. The van der Waals surface area contributed by atoms with Crippen LogP contribution in [0.4, 0.5) is 18.9 Å². The summed E-state index contributed by atoms with van der Waals surface area (Å²) in [5.74, 6) is -0.481. The monoisotopic (exact) mass is 302 g/mol. The summed E-state index contributed by atoms with van der Waals surface area (Å²) < 4.78 is 38.3. The van der Waals surface area contributed by atoms with Gasteiger partial charge in [-0.2, -0.15) is 13.2 Å². The highest BCUT2D eigenvalue weighted by atomic mass is 19.4. The topological polar surface area (TPSA) is 41.1 Å². The van der Waals surface area contributed by atoms with Crippen molar-refractivity contribution < 1.29 is 18.0 Å². The number of carbonyl (C=O) groups is 1. The van der Waals surface area contributed by atoms with E-state index in [9.17, 15) is 18.0 Å². The van der Waals surface area contributed by atoms with Gasteiger partial charge in [0.15, 0.2) is 0 Å². The van der Waals surface area contributed by atoms with Crippen molar-refractivity contribution in [1.29, 1.82) is 0 Å². The number of nitrogens with one attached hydrogen (secondary N) is 2. The van der Waals surface area contributed by atoms with Gasteiger partial charge in [0, 0.05) is 18.8 Å². The Morgan fingerprint density at radius 2 is 1.95 bits per heavy atom. The van der Waals surface area contributed by atoms with E-state index >= 15 is 0 Å². The van der Waals surface area contributed by atoms with Gasteiger partial charge >= 0.3 is 6.18 Å². The van der Waals surface area contributed by atoms with Gasteiger partial charge in [-0.3, -0.25) is 4.79 Å². The minimum atomic E-state index is -4.46. The van der Waals surface area contributed by atoms with Gasteiger partial charge in [0.25, 0.3) is 5.91 Å². The molecule has 0 aliphatic rings. The summed E-state index contributed by atoms with van der Waals surface area (Å²) in [5.41, 5.74) is -0.427. The van der Waals surface area contributed by atoms with Crippen molar-refractivity contribution in [2.75, 3.05) is 12.4 Å². The lowest BCUT2D eigenvalue weighted by Crippen LogP contribution is -2.34. The van der Waals surface area contributed by atoms with Crippen molar-refractivity contribution >= 4 is 11.6 Å². The molecule has 0 bridgehead atoms. The van der Waals surface area contributed by atoms with Crippen molar-refractivity contribution in [3.8, 4) is 0 Å². The number of alkyl halides is 3. The lowest BCUT2D eigenvalue weighted by molar-refractivity contribution is -0.137. The Bertz CT molecular complexity index is 486. The van der Waals surface area contributed by atoms with Crippen LogP contribution in [0.5, 0.6) is 0 Å². The molecule has 0 aliphatic carbocycles. The molecule has 118 valence electrons. The van der Waals surface area contributed by atoms with Crippen LogP contribution in [-0.4, -0.2) is 19.0 Å². The molecule has 2 N–H and O–H groups in total. The third-order valence-electron chi connectivity index (χ3n) is 3.33. The average molecular weight is 302 g/mol. The van der Waals surface area contributed by atoms with E-state index in [2.05, 4.69) is 10.6 Å². The van der Waals surface area contributed by atoms with Crippen molar-refractivity contribution in [3.05, 3.63) is 29.3 Å². The second kappa shape index (κ2) is 7.33. The Morgan fingerprint density at radius 3 is 2.43 bits per heavy atom. The quantitative estimate of drug-likeness (QED) is 0.832. The maximum absolute atomic E-state index is 12.8. The van der Waals surface area contributed by atoms with Crippen LogP contribution < -0.4 is 10.6 Å². The number of hydrogen-bond donors (Lipinski definition) is 2. The molecule has 1 unspecified atom stereocenters. The number of anilines is 1. The van der Waals surface area contributed by atoms with Gasteiger partial charge in [-0.25, -0.2) is 0 Å². The van der Waals surface area contributed by atoms with Crippen molar-refractivity contribution in [3.63, 3.8) is 0 Å². The van der Waals surface area contributed by atoms with Gasteiger partial charge in [-0.1, -0.05) is 20.3 Å². The fourth-order valence-corrected chi connectivity index (χ4v) is 2.12. The number of amides is 1. The van der Waals surface area contributed by atoms with Crippen molar-refractivity contribution in [2.24, 2.45) is 0 Å². The molecular formula is C15H21F3N2O. The first kappa shape index (κ1) is 17.3. The second-order valence-corrected chi connectivity index (χ2v) is 4.88. The molecule has 0 spiro atoms. The van der Waals surface area contributed by atoms with E-state index in [1.165, 1.54) is 6.07 Å². The highest BCUT2D eigenvalue weighted by Crippen LogP contribution is 2.31. The molecule has 1 atom stereocenters. The Balaban J connectivity index is 3.06. The zero-order valence-electron chi connectivity index (χ0n) is 12.5. The number of benzene rings is 1. The molecule has 0 aliphatic heterocycles. The normalized spacial score (nSPS) is 12.9. The molecule has 0 fully saturated rings. The average Bonchev–Trinajstić information content (AvgIpc) is 2.44. The molecule has 3 nitrogen and oxygen atoms in total. The van der Waals surface area contributed by atoms with E-state index in [0.717, 1.165) is 31.4 Å². The first-order chi connectivity index (χ1) is 9.83. The molecule has 1 amide bonds. The Labute approximate surface area is 122 Å². The molecule has 0 saturated heterocycles. The van der Waals surface area contributed by atoms with E-state index in [0.29, 0.717) is 5.69 Å². The summed E-state index contributed by atoms with van der Waals surface area (Å²) in [6, 6.07) is 3.10. The largest absolute Gasteiger partial charge is 0.416 e. The fraction of sp³-hybridized carbons (Fsp3) is 0.533. The number of halogens is 3. The number of rotatable bonds is 6. The maximum atomic E-state index is 12.8. The SMILES string of the molecule is CCCC(CC)NC(=O)c1cc(C(F)(F)F)ccc1NC. The lowest BCUT2D eigenvalue weighted by atomic mass is 10.1. The Kier molecular flexibility index (Phi) is 6.05. The number of carbonyl (C=O) groups excluding carboxylic acids is 1. The van der Waals surface area contributed by atoms with E-state index in [-0.39, 0.29) is 11.6 Å². The van der Waals surface area contributed by atoms with E-state index in [1.807, 2.05) is 13.8 Å². The van der Waals surface area contributed by atoms with Gasteiger partial charge < -0.3 is 10.6 Å². The molecule has 1 rings (SSSR count). The van der Waals surface area contributed by atoms with Gasteiger partial charge in [-0.05, 0) is 31.0 Å².